The zero-order valence-electron chi connectivity index (χ0n) is 23.2. The average molecular weight is 599 g/mol. The van der Waals surface area contributed by atoms with Gasteiger partial charge in [-0.05, 0) is 78.1 Å². The summed E-state index contributed by atoms with van der Waals surface area (Å²) >= 11 is 0.717. The number of anilines is 2. The van der Waals surface area contributed by atoms with E-state index in [9.17, 15) is 18.8 Å². The second kappa shape index (κ2) is 12.2. The van der Waals surface area contributed by atoms with Gasteiger partial charge in [0, 0.05) is 23.3 Å². The van der Waals surface area contributed by atoms with Gasteiger partial charge < -0.3 is 21.5 Å². The summed E-state index contributed by atoms with van der Waals surface area (Å²) in [5.41, 5.74) is 14.2. The van der Waals surface area contributed by atoms with E-state index in [2.05, 4.69) is 14.7 Å². The number of nitrogen functional groups attached to an aromatic ring is 1. The number of nitrogens with one attached hydrogen (secondary N) is 1. The predicted molar refractivity (Wildman–Crippen MR) is 162 cm³/mol. The van der Waals surface area contributed by atoms with Gasteiger partial charge in [0.2, 0.25) is 5.91 Å². The minimum Gasteiger partial charge on any atom is -0.497 e. The van der Waals surface area contributed by atoms with Crippen LogP contribution in [0.3, 0.4) is 0 Å². The summed E-state index contributed by atoms with van der Waals surface area (Å²) in [5.74, 6) is -1.92. The molecule has 0 aliphatic rings. The Morgan fingerprint density at radius 1 is 1.02 bits per heavy atom. The van der Waals surface area contributed by atoms with Gasteiger partial charge in [-0.1, -0.05) is 30.3 Å². The van der Waals surface area contributed by atoms with Crippen molar-refractivity contribution in [2.45, 2.75) is 19.5 Å². The Balaban J connectivity index is 1.65. The zero-order valence-corrected chi connectivity index (χ0v) is 24.0. The van der Waals surface area contributed by atoms with Crippen molar-refractivity contribution in [2.75, 3.05) is 17.7 Å². The molecule has 5 aromatic rings. The Labute approximate surface area is 250 Å². The lowest BCUT2D eigenvalue weighted by Crippen LogP contribution is -2.44. The highest BCUT2D eigenvalue weighted by Gasteiger charge is 2.36. The first kappa shape index (κ1) is 29.1. The highest BCUT2D eigenvalue weighted by Crippen LogP contribution is 2.35. The van der Waals surface area contributed by atoms with Gasteiger partial charge in [0.05, 0.1) is 18.3 Å². The van der Waals surface area contributed by atoms with E-state index in [1.165, 1.54) is 24.1 Å². The number of amides is 3. The Kier molecular flexibility index (Phi) is 8.30. The molecule has 0 fully saturated rings. The van der Waals surface area contributed by atoms with Crippen molar-refractivity contribution < 1.29 is 23.5 Å². The Bertz CT molecular complexity index is 1830. The molecule has 5 rings (SSSR count). The number of carbonyl (C=O) groups excluding carboxylic acids is 3. The minimum atomic E-state index is -1.21. The van der Waals surface area contributed by atoms with Gasteiger partial charge >= 0.3 is 0 Å². The topological polar surface area (TPSA) is 154 Å². The molecule has 0 spiro atoms. The van der Waals surface area contributed by atoms with Crippen LogP contribution in [0.2, 0.25) is 0 Å². The van der Waals surface area contributed by atoms with Crippen molar-refractivity contribution in [2.24, 2.45) is 5.73 Å². The van der Waals surface area contributed by atoms with Gasteiger partial charge in [-0.15, -0.1) is 0 Å². The Hall–Kier alpha value is -5.36. The number of ether oxygens (including phenoxy) is 1. The Morgan fingerprint density at radius 2 is 1.74 bits per heavy atom. The van der Waals surface area contributed by atoms with Gasteiger partial charge in [-0.2, -0.15) is 4.37 Å². The van der Waals surface area contributed by atoms with E-state index < -0.39 is 29.6 Å². The first-order chi connectivity index (χ1) is 20.7. The van der Waals surface area contributed by atoms with Crippen molar-refractivity contribution >= 4 is 51.5 Å². The van der Waals surface area contributed by atoms with Gasteiger partial charge in [0.1, 0.15) is 22.5 Å². The number of methoxy groups -OCH3 is 1. The second-order valence-electron chi connectivity index (χ2n) is 9.66. The number of pyridine rings is 1. The highest BCUT2D eigenvalue weighted by molar-refractivity contribution is 7.09. The maximum absolute atomic E-state index is 14.3. The SMILES string of the molecule is COc1ccc(C(C(=O)NCc2ccc(F)cc2)N(C(=O)c2snc(C(N)=O)c2N)c2ccc3nc(C)ccc3c2)cc1. The van der Waals surface area contributed by atoms with E-state index in [1.54, 1.807) is 54.6 Å². The van der Waals surface area contributed by atoms with Gasteiger partial charge in [0.15, 0.2) is 5.69 Å². The fraction of sp³-hybridized carbons (Fsp3) is 0.129. The minimum absolute atomic E-state index is 0.0548. The molecule has 0 bridgehead atoms. The number of benzene rings is 3. The van der Waals surface area contributed by atoms with Crippen LogP contribution in [0, 0.1) is 12.7 Å². The zero-order chi connectivity index (χ0) is 30.7. The summed E-state index contributed by atoms with van der Waals surface area (Å²) in [5, 5.41) is 3.60. The molecule has 218 valence electrons. The molecular weight excluding hydrogens is 571 g/mol. The molecule has 10 nitrogen and oxygen atoms in total. The fourth-order valence-electron chi connectivity index (χ4n) is 4.58. The largest absolute Gasteiger partial charge is 0.497 e. The molecule has 12 heteroatoms. The summed E-state index contributed by atoms with van der Waals surface area (Å²) in [6.45, 7) is 1.94. The third-order valence-electron chi connectivity index (χ3n) is 6.78. The van der Waals surface area contributed by atoms with Crippen LogP contribution in [0.15, 0.2) is 78.9 Å². The predicted octanol–water partition coefficient (Wildman–Crippen LogP) is 4.53. The first-order valence-electron chi connectivity index (χ1n) is 13.1. The number of rotatable bonds is 9. The van der Waals surface area contributed by atoms with E-state index in [4.69, 9.17) is 16.2 Å². The number of nitrogens with two attached hydrogens (primary N) is 2. The summed E-state index contributed by atoms with van der Waals surface area (Å²) < 4.78 is 22.8. The van der Waals surface area contributed by atoms with Crippen molar-refractivity contribution in [1.82, 2.24) is 14.7 Å². The smallest absolute Gasteiger partial charge is 0.273 e. The summed E-state index contributed by atoms with van der Waals surface area (Å²) in [7, 11) is 1.52. The third kappa shape index (κ3) is 6.14. The standard InChI is InChI=1S/C31H27FN6O4S/c1-17-3-6-20-15-22(11-14-24(20)36-17)38(31(41)28-25(33)26(29(34)39)37-43-28)27(19-7-12-23(42-2)13-8-19)30(40)35-16-18-4-9-21(32)10-5-18/h3-15,27H,16,33H2,1-2H3,(H2,34,39)(H,35,40). The van der Waals surface area contributed by atoms with Crippen LogP contribution in [-0.4, -0.2) is 34.2 Å². The number of nitrogens with zero attached hydrogens (tertiary/aromatic N) is 3. The van der Waals surface area contributed by atoms with Crippen LogP contribution < -0.4 is 26.4 Å². The molecule has 0 saturated heterocycles. The summed E-state index contributed by atoms with van der Waals surface area (Å²) in [4.78, 5) is 46.1. The Morgan fingerprint density at radius 3 is 2.40 bits per heavy atom. The first-order valence-corrected chi connectivity index (χ1v) is 13.9. The number of hydrogen-bond donors (Lipinski definition) is 3. The molecule has 2 heterocycles. The van der Waals surface area contributed by atoms with Crippen LogP contribution in [0.5, 0.6) is 5.75 Å². The summed E-state index contributed by atoms with van der Waals surface area (Å²) in [6, 6.07) is 20.1. The van der Waals surface area contributed by atoms with Crippen LogP contribution in [0.4, 0.5) is 15.8 Å². The number of carbonyl (C=O) groups is 3. The quantitative estimate of drug-likeness (QED) is 0.225. The number of aryl methyl sites for hydroxylation is 1. The van der Waals surface area contributed by atoms with Crippen LogP contribution in [0.1, 0.15) is 43.0 Å². The lowest BCUT2D eigenvalue weighted by atomic mass is 10.0. The van der Waals surface area contributed by atoms with Gasteiger partial charge in [-0.25, -0.2) is 4.39 Å². The average Bonchev–Trinajstić information content (AvgIpc) is 3.40. The molecule has 3 amide bonds. The molecule has 3 aromatic carbocycles. The molecule has 0 radical (unpaired) electrons. The molecule has 1 atom stereocenters. The number of aromatic nitrogens is 2. The van der Waals surface area contributed by atoms with E-state index in [0.717, 1.165) is 11.1 Å². The highest BCUT2D eigenvalue weighted by atomic mass is 32.1. The second-order valence-corrected chi connectivity index (χ2v) is 10.4. The van der Waals surface area contributed by atoms with Crippen molar-refractivity contribution in [3.05, 3.63) is 112 Å². The van der Waals surface area contributed by atoms with E-state index in [1.807, 2.05) is 19.1 Å². The number of fused-ring (bicyclic) bond motifs is 1. The van der Waals surface area contributed by atoms with Crippen molar-refractivity contribution in [3.63, 3.8) is 0 Å². The van der Waals surface area contributed by atoms with Crippen molar-refractivity contribution in [1.29, 1.82) is 0 Å². The lowest BCUT2D eigenvalue weighted by Gasteiger charge is -2.31. The monoisotopic (exact) mass is 598 g/mol. The molecule has 0 aliphatic heterocycles. The summed E-state index contributed by atoms with van der Waals surface area (Å²) in [6.07, 6.45) is 0. The van der Waals surface area contributed by atoms with E-state index in [-0.39, 0.29) is 22.8 Å². The van der Waals surface area contributed by atoms with Crippen molar-refractivity contribution in [3.8, 4) is 5.75 Å². The van der Waals surface area contributed by atoms with Crippen LogP contribution >= 0.6 is 11.5 Å². The van der Waals surface area contributed by atoms with Crippen LogP contribution in [0.25, 0.3) is 10.9 Å². The fourth-order valence-corrected chi connectivity index (χ4v) is 5.32. The van der Waals surface area contributed by atoms with E-state index >= 15 is 0 Å². The maximum atomic E-state index is 14.3. The number of hydrogen-bond acceptors (Lipinski definition) is 8. The molecular formula is C31H27FN6O4S. The maximum Gasteiger partial charge on any atom is 0.273 e. The lowest BCUT2D eigenvalue weighted by molar-refractivity contribution is -0.122. The van der Waals surface area contributed by atoms with Gasteiger partial charge in [-0.3, -0.25) is 24.3 Å². The molecule has 5 N–H and O–H groups in total. The molecule has 0 saturated carbocycles. The number of halogens is 1. The molecule has 0 aliphatic carbocycles. The molecule has 43 heavy (non-hydrogen) atoms. The van der Waals surface area contributed by atoms with Crippen LogP contribution in [-0.2, 0) is 11.3 Å². The van der Waals surface area contributed by atoms with Gasteiger partial charge in [0.25, 0.3) is 11.8 Å². The normalized spacial score (nSPS) is 11.6. The number of primary amides is 1. The molecule has 1 unspecified atom stereocenters. The third-order valence-corrected chi connectivity index (χ3v) is 7.63. The van der Waals surface area contributed by atoms with E-state index in [0.29, 0.717) is 39.6 Å². The molecule has 2 aromatic heterocycles.